The number of ether oxygens (including phenoxy) is 2. The number of hydrogen-bond acceptors (Lipinski definition) is 5. The Morgan fingerprint density at radius 1 is 1.18 bits per heavy atom. The highest BCUT2D eigenvalue weighted by molar-refractivity contribution is 6.00. The van der Waals surface area contributed by atoms with Gasteiger partial charge in [-0.05, 0) is 36.2 Å². The number of hydrogen-bond donors (Lipinski definition) is 0. The predicted octanol–water partition coefficient (Wildman–Crippen LogP) is 1.91. The Kier molecular flexibility index (Phi) is 5.14. The zero-order chi connectivity index (χ0) is 19.5. The molecular weight excluding hydrogens is 358 g/mol. The number of benzene rings is 1. The average Bonchev–Trinajstić information content (AvgIpc) is 3.13. The molecule has 146 valence electrons. The lowest BCUT2D eigenvalue weighted by atomic mass is 10.1. The van der Waals surface area contributed by atoms with E-state index in [0.29, 0.717) is 37.8 Å². The molecular formula is C21H23N3O4. The number of nitrogens with zero attached hydrogens (tertiary/aromatic N) is 3. The van der Waals surface area contributed by atoms with Crippen LogP contribution in [0.5, 0.6) is 11.5 Å². The zero-order valence-electron chi connectivity index (χ0n) is 15.8. The molecule has 0 bridgehead atoms. The summed E-state index contributed by atoms with van der Waals surface area (Å²) in [6.07, 6.45) is 4.49. The lowest BCUT2D eigenvalue weighted by Crippen LogP contribution is -2.36. The zero-order valence-corrected chi connectivity index (χ0v) is 15.8. The number of pyridine rings is 1. The van der Waals surface area contributed by atoms with E-state index < -0.39 is 0 Å². The van der Waals surface area contributed by atoms with Gasteiger partial charge >= 0.3 is 0 Å². The minimum Gasteiger partial charge on any atom is -0.486 e. The fourth-order valence-corrected chi connectivity index (χ4v) is 3.59. The van der Waals surface area contributed by atoms with Gasteiger partial charge < -0.3 is 19.3 Å². The minimum absolute atomic E-state index is 0.00227. The van der Waals surface area contributed by atoms with Crippen molar-refractivity contribution in [3.63, 3.8) is 0 Å². The lowest BCUT2D eigenvalue weighted by Gasteiger charge is -2.23. The number of amides is 2. The first kappa shape index (κ1) is 18.3. The second-order valence-electron chi connectivity index (χ2n) is 7.10. The summed E-state index contributed by atoms with van der Waals surface area (Å²) in [5, 5.41) is 0. The summed E-state index contributed by atoms with van der Waals surface area (Å²) in [5.74, 6) is 0.953. The molecule has 1 aromatic heterocycles. The van der Waals surface area contributed by atoms with Crippen LogP contribution in [0.15, 0.2) is 42.7 Å². The summed E-state index contributed by atoms with van der Waals surface area (Å²) in [5.41, 5.74) is 1.87. The number of likely N-dealkylation sites (N-methyl/N-ethyl adjacent to an activating group) is 1. The highest BCUT2D eigenvalue weighted by Crippen LogP contribution is 2.36. The second-order valence-corrected chi connectivity index (χ2v) is 7.10. The molecule has 0 radical (unpaired) electrons. The maximum Gasteiger partial charge on any atom is 0.227 e. The van der Waals surface area contributed by atoms with Gasteiger partial charge in [0.1, 0.15) is 13.2 Å². The highest BCUT2D eigenvalue weighted by atomic mass is 16.6. The van der Waals surface area contributed by atoms with E-state index in [2.05, 4.69) is 4.98 Å². The van der Waals surface area contributed by atoms with Crippen LogP contribution in [0.25, 0.3) is 0 Å². The monoisotopic (exact) mass is 381 g/mol. The van der Waals surface area contributed by atoms with E-state index >= 15 is 0 Å². The van der Waals surface area contributed by atoms with Crippen LogP contribution in [-0.2, 0) is 16.0 Å². The van der Waals surface area contributed by atoms with Crippen molar-refractivity contribution in [2.45, 2.75) is 12.8 Å². The highest BCUT2D eigenvalue weighted by Gasteiger charge is 2.36. The van der Waals surface area contributed by atoms with Crippen molar-refractivity contribution in [2.75, 3.05) is 38.3 Å². The van der Waals surface area contributed by atoms with Crippen LogP contribution in [-0.4, -0.2) is 55.0 Å². The van der Waals surface area contributed by atoms with Crippen LogP contribution in [0.1, 0.15) is 12.0 Å². The quantitative estimate of drug-likeness (QED) is 0.791. The first-order valence-corrected chi connectivity index (χ1v) is 9.46. The van der Waals surface area contributed by atoms with Gasteiger partial charge in [-0.15, -0.1) is 0 Å². The van der Waals surface area contributed by atoms with E-state index in [-0.39, 0.29) is 24.2 Å². The Hall–Kier alpha value is -3.09. The number of aromatic nitrogens is 1. The lowest BCUT2D eigenvalue weighted by molar-refractivity contribution is -0.134. The summed E-state index contributed by atoms with van der Waals surface area (Å²) in [4.78, 5) is 32.7. The van der Waals surface area contributed by atoms with Crippen molar-refractivity contribution in [3.8, 4) is 11.5 Å². The van der Waals surface area contributed by atoms with Crippen LogP contribution in [0.4, 0.5) is 5.69 Å². The standard InChI is InChI=1S/C21H23N3O4/c1-23(9-6-15-4-7-22-8-5-15)21(26)16-12-20(25)24(14-16)17-2-3-18-19(13-17)28-11-10-27-18/h2-5,7-8,13,16H,6,9-12,14H2,1H3. The SMILES string of the molecule is CN(CCc1ccncc1)C(=O)C1CC(=O)N(c2ccc3c(c2)OCCO3)C1. The van der Waals surface area contributed by atoms with Crippen LogP contribution >= 0.6 is 0 Å². The molecule has 2 aliphatic rings. The Morgan fingerprint density at radius 3 is 2.71 bits per heavy atom. The van der Waals surface area contributed by atoms with Gasteiger partial charge in [-0.1, -0.05) is 0 Å². The van der Waals surface area contributed by atoms with Crippen LogP contribution in [0.3, 0.4) is 0 Å². The van der Waals surface area contributed by atoms with E-state index in [1.165, 1.54) is 0 Å². The molecule has 2 aliphatic heterocycles. The van der Waals surface area contributed by atoms with E-state index in [1.807, 2.05) is 30.3 Å². The topological polar surface area (TPSA) is 72.0 Å². The molecule has 0 N–H and O–H groups in total. The summed E-state index contributed by atoms with van der Waals surface area (Å²) in [6.45, 7) is 2.01. The molecule has 0 saturated carbocycles. The summed E-state index contributed by atoms with van der Waals surface area (Å²) in [7, 11) is 1.79. The molecule has 7 nitrogen and oxygen atoms in total. The number of rotatable bonds is 5. The van der Waals surface area contributed by atoms with Crippen LogP contribution in [0.2, 0.25) is 0 Å². The van der Waals surface area contributed by atoms with Crippen molar-refractivity contribution >= 4 is 17.5 Å². The molecule has 7 heteroatoms. The third-order valence-electron chi connectivity index (χ3n) is 5.17. The van der Waals surface area contributed by atoms with Crippen molar-refractivity contribution < 1.29 is 19.1 Å². The first-order chi connectivity index (χ1) is 13.6. The van der Waals surface area contributed by atoms with E-state index in [9.17, 15) is 9.59 Å². The predicted molar refractivity (Wildman–Crippen MR) is 103 cm³/mol. The van der Waals surface area contributed by atoms with Gasteiger partial charge in [-0.25, -0.2) is 0 Å². The molecule has 3 heterocycles. The molecule has 1 atom stereocenters. The Morgan fingerprint density at radius 2 is 1.93 bits per heavy atom. The van der Waals surface area contributed by atoms with Gasteiger partial charge in [-0.2, -0.15) is 0 Å². The van der Waals surface area contributed by atoms with E-state index in [0.717, 1.165) is 17.7 Å². The average molecular weight is 381 g/mol. The fraction of sp³-hybridized carbons (Fsp3) is 0.381. The van der Waals surface area contributed by atoms with Crippen molar-refractivity contribution in [3.05, 3.63) is 48.3 Å². The van der Waals surface area contributed by atoms with Gasteiger partial charge in [0, 0.05) is 50.7 Å². The number of anilines is 1. The van der Waals surface area contributed by atoms with E-state index in [1.54, 1.807) is 29.2 Å². The molecule has 0 spiro atoms. The third kappa shape index (κ3) is 3.78. The first-order valence-electron chi connectivity index (χ1n) is 9.46. The van der Waals surface area contributed by atoms with Gasteiger partial charge in [0.05, 0.1) is 5.92 Å². The number of fused-ring (bicyclic) bond motifs is 1. The van der Waals surface area contributed by atoms with Crippen LogP contribution in [0, 0.1) is 5.92 Å². The second kappa shape index (κ2) is 7.88. The summed E-state index contributed by atoms with van der Waals surface area (Å²) >= 11 is 0. The fourth-order valence-electron chi connectivity index (χ4n) is 3.59. The third-order valence-corrected chi connectivity index (χ3v) is 5.17. The summed E-state index contributed by atoms with van der Waals surface area (Å²) < 4.78 is 11.1. The molecule has 4 rings (SSSR count). The molecule has 1 aromatic carbocycles. The van der Waals surface area contributed by atoms with Crippen molar-refractivity contribution in [1.82, 2.24) is 9.88 Å². The molecule has 1 saturated heterocycles. The molecule has 1 fully saturated rings. The van der Waals surface area contributed by atoms with Gasteiger partial charge in [0.25, 0.3) is 0 Å². The Labute approximate surface area is 163 Å². The molecule has 2 aromatic rings. The minimum atomic E-state index is -0.330. The van der Waals surface area contributed by atoms with E-state index in [4.69, 9.17) is 9.47 Å². The largest absolute Gasteiger partial charge is 0.486 e. The number of carbonyl (C=O) groups excluding carboxylic acids is 2. The van der Waals surface area contributed by atoms with Gasteiger partial charge in [0.15, 0.2) is 11.5 Å². The molecule has 2 amide bonds. The molecule has 28 heavy (non-hydrogen) atoms. The van der Waals surface area contributed by atoms with Gasteiger partial charge in [-0.3, -0.25) is 14.6 Å². The maximum atomic E-state index is 12.8. The van der Waals surface area contributed by atoms with Crippen LogP contribution < -0.4 is 14.4 Å². The smallest absolute Gasteiger partial charge is 0.227 e. The Bertz CT molecular complexity index is 871. The summed E-state index contributed by atoms with van der Waals surface area (Å²) in [6, 6.07) is 9.35. The maximum absolute atomic E-state index is 12.8. The van der Waals surface area contributed by atoms with Crippen molar-refractivity contribution in [1.29, 1.82) is 0 Å². The van der Waals surface area contributed by atoms with Gasteiger partial charge in [0.2, 0.25) is 11.8 Å². The molecule has 1 unspecified atom stereocenters. The number of carbonyl (C=O) groups is 2. The Balaban J connectivity index is 1.39. The molecule has 0 aliphatic carbocycles. The van der Waals surface area contributed by atoms with Crippen molar-refractivity contribution in [2.24, 2.45) is 5.92 Å². The normalized spacial score (nSPS) is 18.2.